The molecule has 2 heteroatoms. The van der Waals surface area contributed by atoms with Crippen LogP contribution in [0.15, 0.2) is 11.6 Å². The van der Waals surface area contributed by atoms with Gasteiger partial charge >= 0.3 is 0 Å². The first-order chi connectivity index (χ1) is 15.1. The first-order valence-electron chi connectivity index (χ1n) is 14.3. The summed E-state index contributed by atoms with van der Waals surface area (Å²) in [4.78, 5) is 0. The molecule has 4 fully saturated rings. The third-order valence-electron chi connectivity index (χ3n) is 12.0. The average molecular weight is 443 g/mol. The molecule has 182 valence electrons. The zero-order chi connectivity index (χ0) is 22.8. The largest absolute Gasteiger partial charge is 0.390 e. The second kappa shape index (κ2) is 8.11. The fraction of sp³-hybridized carbons (Fsp3) is 0.933. The van der Waals surface area contributed by atoms with E-state index in [9.17, 15) is 10.2 Å². The normalized spacial score (nSPS) is 48.5. The van der Waals surface area contributed by atoms with Gasteiger partial charge in [-0.25, -0.2) is 0 Å². The Morgan fingerprint density at radius 3 is 2.47 bits per heavy atom. The predicted octanol–water partition coefficient (Wildman–Crippen LogP) is 7.43. The van der Waals surface area contributed by atoms with Gasteiger partial charge in [-0.3, -0.25) is 0 Å². The van der Waals surface area contributed by atoms with Crippen molar-refractivity contribution in [3.8, 4) is 0 Å². The van der Waals surface area contributed by atoms with Gasteiger partial charge in [0.1, 0.15) is 0 Å². The molecule has 0 aromatic carbocycles. The summed E-state index contributed by atoms with van der Waals surface area (Å²) in [5.74, 6) is 3.62. The van der Waals surface area contributed by atoms with Crippen molar-refractivity contribution in [3.05, 3.63) is 11.6 Å². The Hall–Kier alpha value is -0.340. The van der Waals surface area contributed by atoms with Crippen molar-refractivity contribution in [2.45, 2.75) is 135 Å². The SMILES string of the molecule is CC[C@]1(O)CC[C@]2(C)C3=CC[C@@]4(C)CCC[C@H]4[C@@H]3C([C@H](C)CCC3(O)CCCC3)C[C@H]2C1. The highest BCUT2D eigenvalue weighted by molar-refractivity contribution is 5.30. The molecule has 0 aliphatic heterocycles. The standard InChI is InChI=1S/C30H50O2/c1-5-29(31)18-17-28(4)22(20-29)19-23(21(2)10-16-30(32)13-6-7-14-30)26-24-9-8-12-27(24,3)15-11-25(26)28/h11,21-24,26,31-32H,5-10,12-20H2,1-4H3/t21-,22+,23?,24+,26+,27-,28+,29+/m1/s1. The van der Waals surface area contributed by atoms with Crippen molar-refractivity contribution in [1.82, 2.24) is 0 Å². The smallest absolute Gasteiger partial charge is 0.0648 e. The molecule has 0 radical (unpaired) electrons. The van der Waals surface area contributed by atoms with Gasteiger partial charge in [0.15, 0.2) is 0 Å². The maximum atomic E-state index is 11.3. The van der Waals surface area contributed by atoms with Crippen molar-refractivity contribution in [3.63, 3.8) is 0 Å². The fourth-order valence-electron chi connectivity index (χ4n) is 9.55. The van der Waals surface area contributed by atoms with Crippen LogP contribution in [-0.2, 0) is 0 Å². The van der Waals surface area contributed by atoms with Crippen LogP contribution in [0.5, 0.6) is 0 Å². The van der Waals surface area contributed by atoms with Crippen LogP contribution in [0.25, 0.3) is 0 Å². The molecule has 0 aromatic rings. The van der Waals surface area contributed by atoms with Crippen LogP contribution in [0.1, 0.15) is 124 Å². The topological polar surface area (TPSA) is 40.5 Å². The number of aliphatic hydroxyl groups is 2. The van der Waals surface area contributed by atoms with Crippen LogP contribution in [0, 0.1) is 40.4 Å². The Balaban J connectivity index is 1.45. The summed E-state index contributed by atoms with van der Waals surface area (Å²) in [6, 6.07) is 0. The van der Waals surface area contributed by atoms with Gasteiger partial charge < -0.3 is 10.2 Å². The predicted molar refractivity (Wildman–Crippen MR) is 132 cm³/mol. The van der Waals surface area contributed by atoms with E-state index in [0.717, 1.165) is 56.3 Å². The Morgan fingerprint density at radius 1 is 1.00 bits per heavy atom. The maximum Gasteiger partial charge on any atom is 0.0648 e. The number of fused-ring (bicyclic) bond motifs is 5. The molecule has 0 amide bonds. The minimum absolute atomic E-state index is 0.301. The highest BCUT2D eigenvalue weighted by Crippen LogP contribution is 2.67. The third-order valence-corrected chi connectivity index (χ3v) is 12.0. The van der Waals surface area contributed by atoms with E-state index in [2.05, 4.69) is 33.8 Å². The molecule has 0 aromatic heterocycles. The summed E-state index contributed by atoms with van der Waals surface area (Å²) >= 11 is 0. The minimum atomic E-state index is -0.444. The van der Waals surface area contributed by atoms with E-state index in [4.69, 9.17) is 0 Å². The highest BCUT2D eigenvalue weighted by atomic mass is 16.3. The first kappa shape index (κ1) is 23.4. The monoisotopic (exact) mass is 442 g/mol. The summed E-state index contributed by atoms with van der Waals surface area (Å²) < 4.78 is 0. The Kier molecular flexibility index (Phi) is 5.93. The van der Waals surface area contributed by atoms with Crippen LogP contribution in [-0.4, -0.2) is 21.4 Å². The highest BCUT2D eigenvalue weighted by Gasteiger charge is 2.59. The van der Waals surface area contributed by atoms with Gasteiger partial charge in [0, 0.05) is 0 Å². The molecule has 0 saturated heterocycles. The molecular weight excluding hydrogens is 392 g/mol. The zero-order valence-corrected chi connectivity index (χ0v) is 21.5. The Morgan fingerprint density at radius 2 is 1.75 bits per heavy atom. The molecule has 2 N–H and O–H groups in total. The van der Waals surface area contributed by atoms with Crippen LogP contribution in [0.4, 0.5) is 0 Å². The molecule has 0 bridgehead atoms. The number of allylic oxidation sites excluding steroid dienone is 2. The van der Waals surface area contributed by atoms with Gasteiger partial charge in [-0.1, -0.05) is 58.6 Å². The van der Waals surface area contributed by atoms with E-state index in [1.54, 1.807) is 0 Å². The lowest BCUT2D eigenvalue weighted by molar-refractivity contribution is -0.0940. The van der Waals surface area contributed by atoms with Crippen molar-refractivity contribution in [2.24, 2.45) is 40.4 Å². The summed E-state index contributed by atoms with van der Waals surface area (Å²) in [5.41, 5.74) is 1.81. The van der Waals surface area contributed by atoms with Crippen LogP contribution >= 0.6 is 0 Å². The average Bonchev–Trinajstić information content (AvgIpc) is 3.38. The Bertz CT molecular complexity index is 735. The quantitative estimate of drug-likeness (QED) is 0.435. The lowest BCUT2D eigenvalue weighted by atomic mass is 9.44. The molecule has 4 saturated carbocycles. The lowest BCUT2D eigenvalue weighted by Gasteiger charge is -2.61. The van der Waals surface area contributed by atoms with Gasteiger partial charge in [0.05, 0.1) is 11.2 Å². The number of hydrogen-bond acceptors (Lipinski definition) is 2. The summed E-state index contributed by atoms with van der Waals surface area (Å²) in [5, 5.41) is 22.3. The molecule has 0 heterocycles. The summed E-state index contributed by atoms with van der Waals surface area (Å²) in [6.07, 6.45) is 20.2. The van der Waals surface area contributed by atoms with E-state index >= 15 is 0 Å². The summed E-state index contributed by atoms with van der Waals surface area (Å²) in [7, 11) is 0. The van der Waals surface area contributed by atoms with Gasteiger partial charge in [-0.15, -0.1) is 0 Å². The van der Waals surface area contributed by atoms with Crippen molar-refractivity contribution in [2.75, 3.05) is 0 Å². The molecule has 0 spiro atoms. The van der Waals surface area contributed by atoms with Gasteiger partial charge in [-0.2, -0.15) is 0 Å². The van der Waals surface area contributed by atoms with E-state index in [0.29, 0.717) is 22.7 Å². The van der Waals surface area contributed by atoms with Gasteiger partial charge in [0.25, 0.3) is 0 Å². The first-order valence-corrected chi connectivity index (χ1v) is 14.3. The Labute approximate surface area is 197 Å². The molecule has 8 atom stereocenters. The van der Waals surface area contributed by atoms with E-state index in [1.807, 2.05) is 5.57 Å². The van der Waals surface area contributed by atoms with E-state index < -0.39 is 5.60 Å². The molecule has 5 aliphatic carbocycles. The van der Waals surface area contributed by atoms with Crippen LogP contribution in [0.2, 0.25) is 0 Å². The molecular formula is C30H50O2. The zero-order valence-electron chi connectivity index (χ0n) is 21.5. The fourth-order valence-corrected chi connectivity index (χ4v) is 9.55. The van der Waals surface area contributed by atoms with E-state index in [-0.39, 0.29) is 5.60 Å². The van der Waals surface area contributed by atoms with Crippen molar-refractivity contribution in [1.29, 1.82) is 0 Å². The second-order valence-electron chi connectivity index (χ2n) is 13.8. The number of rotatable bonds is 5. The van der Waals surface area contributed by atoms with Crippen LogP contribution < -0.4 is 0 Å². The minimum Gasteiger partial charge on any atom is -0.390 e. The van der Waals surface area contributed by atoms with E-state index in [1.165, 1.54) is 57.8 Å². The molecule has 2 nitrogen and oxygen atoms in total. The molecule has 1 unspecified atom stereocenters. The van der Waals surface area contributed by atoms with Gasteiger partial charge in [-0.05, 0) is 117 Å². The maximum absolute atomic E-state index is 11.3. The van der Waals surface area contributed by atoms with Crippen LogP contribution in [0.3, 0.4) is 0 Å². The number of hydrogen-bond donors (Lipinski definition) is 2. The second-order valence-corrected chi connectivity index (χ2v) is 13.8. The summed E-state index contributed by atoms with van der Waals surface area (Å²) in [6.45, 7) is 9.86. The lowest BCUT2D eigenvalue weighted by Crippen LogP contribution is -2.54. The molecule has 32 heavy (non-hydrogen) atoms. The van der Waals surface area contributed by atoms with Crippen molar-refractivity contribution < 1.29 is 10.2 Å². The molecule has 5 aliphatic rings. The van der Waals surface area contributed by atoms with Gasteiger partial charge in [0.2, 0.25) is 0 Å². The molecule has 5 rings (SSSR count). The van der Waals surface area contributed by atoms with Crippen molar-refractivity contribution >= 4 is 0 Å². The third kappa shape index (κ3) is 3.74.